The van der Waals surface area contributed by atoms with Gasteiger partial charge in [0.2, 0.25) is 59.1 Å². The summed E-state index contributed by atoms with van der Waals surface area (Å²) in [5, 5.41) is 21.8. The fourth-order valence-electron chi connectivity index (χ4n) is 8.23. The van der Waals surface area contributed by atoms with Crippen molar-refractivity contribution in [3.8, 4) is 0 Å². The molecule has 1 aliphatic rings. The first-order valence-electron chi connectivity index (χ1n) is 24.8. The molecule has 1 saturated heterocycles. The number of nitrogens with one attached hydrogen (secondary N) is 9. The van der Waals surface area contributed by atoms with Crippen molar-refractivity contribution in [1.82, 2.24) is 47.5 Å². The number of aliphatic imine (C=N–C) groups is 2. The Morgan fingerprint density at radius 1 is 0.671 bits per heavy atom. The van der Waals surface area contributed by atoms with E-state index < -0.39 is 108 Å². The van der Waals surface area contributed by atoms with Crippen LogP contribution in [0.15, 0.2) is 70.8 Å². The Bertz CT molecular complexity index is 2580. The molecule has 1 aromatic heterocycles. The number of hydrogen-bond acceptors (Lipinski definition) is 12. The first-order valence-corrected chi connectivity index (χ1v) is 24.8. The van der Waals surface area contributed by atoms with E-state index in [0.29, 0.717) is 11.1 Å². The van der Waals surface area contributed by atoms with Gasteiger partial charge in [-0.15, -0.1) is 0 Å². The number of para-hydroxylation sites is 1. The lowest BCUT2D eigenvalue weighted by molar-refractivity contribution is -0.136. The molecule has 2 aromatic carbocycles. The van der Waals surface area contributed by atoms with Crippen LogP contribution in [0.3, 0.4) is 0 Å². The lowest BCUT2D eigenvalue weighted by atomic mass is 10.0. The van der Waals surface area contributed by atoms with Crippen LogP contribution < -0.4 is 76.9 Å². The van der Waals surface area contributed by atoms with Crippen molar-refractivity contribution < 1.29 is 47.9 Å². The molecule has 3 aromatic rings. The number of amides is 10. The molecule has 1 fully saturated rings. The molecule has 27 heteroatoms. The summed E-state index contributed by atoms with van der Waals surface area (Å²) in [6.07, 6.45) is 0.210. The van der Waals surface area contributed by atoms with E-state index in [9.17, 15) is 47.9 Å². The van der Waals surface area contributed by atoms with Gasteiger partial charge >= 0.3 is 0 Å². The number of guanidine groups is 2. The molecule has 3 unspecified atom stereocenters. The lowest BCUT2D eigenvalue weighted by Crippen LogP contribution is -2.60. The third-order valence-corrected chi connectivity index (χ3v) is 12.1. The summed E-state index contributed by atoms with van der Waals surface area (Å²) in [6.45, 7) is 1.15. The standard InChI is InChI=1S/C49H71N17O10/c1-27(67)60-33(15-8-21-57-48(52)53)42(71)62-34-14-7-17-40(69)56-23-20-32(41(51)70)61-47(76)38(25-29-26-59-31-13-6-5-12-30(29)31)66-44(73)35(16-9-22-58-49(54)55)63-46(75)37(24-28-10-3-2-4-11-28)65-45(74)36(64-43(34)72)18-19-39(50)68/h2-6,10-13,26,32-38,59H,7-9,14-25H2,1H3,(H2,50,68)(H2,51,70)(H,56,69)(H,60,67)(H,61,76)(H,62,71)(H,63,75)(H,64,72)(H,65,74)(H,66,73)(H4,52,53,57)(H4,54,55,58)/t32?,33-,34?,35-,36-,37?,38-/m0/s1. The molecule has 10 amide bonds. The maximum Gasteiger partial charge on any atom is 0.243 e. The number of benzene rings is 2. The number of H-pyrrole nitrogens is 1. The third kappa shape index (κ3) is 20.6. The maximum absolute atomic E-state index is 14.6. The average molecular weight is 1060 g/mol. The summed E-state index contributed by atoms with van der Waals surface area (Å²) >= 11 is 0. The monoisotopic (exact) mass is 1060 g/mol. The summed E-state index contributed by atoms with van der Waals surface area (Å²) in [4.78, 5) is 147. The van der Waals surface area contributed by atoms with Crippen molar-refractivity contribution in [3.63, 3.8) is 0 Å². The van der Waals surface area contributed by atoms with Gasteiger partial charge in [0, 0.05) is 69.3 Å². The van der Waals surface area contributed by atoms with Crippen molar-refractivity contribution in [3.05, 3.63) is 71.9 Å². The van der Waals surface area contributed by atoms with Crippen molar-refractivity contribution >= 4 is 81.9 Å². The second-order valence-corrected chi connectivity index (χ2v) is 18.2. The van der Waals surface area contributed by atoms with Gasteiger partial charge in [-0.25, -0.2) is 0 Å². The Labute approximate surface area is 438 Å². The summed E-state index contributed by atoms with van der Waals surface area (Å²) in [7, 11) is 0. The van der Waals surface area contributed by atoms with E-state index in [1.54, 1.807) is 42.6 Å². The van der Waals surface area contributed by atoms with Crippen LogP contribution in [-0.2, 0) is 60.8 Å². The predicted octanol–water partition coefficient (Wildman–Crippen LogP) is -4.09. The summed E-state index contributed by atoms with van der Waals surface area (Å²) in [6, 6.07) is 5.89. The van der Waals surface area contributed by atoms with Crippen LogP contribution in [-0.4, -0.2) is 138 Å². The van der Waals surface area contributed by atoms with Gasteiger partial charge in [0.1, 0.15) is 42.3 Å². The van der Waals surface area contributed by atoms with E-state index in [0.717, 1.165) is 10.9 Å². The van der Waals surface area contributed by atoms with E-state index in [-0.39, 0.29) is 102 Å². The third-order valence-electron chi connectivity index (χ3n) is 12.1. The van der Waals surface area contributed by atoms with Crippen molar-refractivity contribution in [2.75, 3.05) is 19.6 Å². The number of rotatable bonds is 19. The molecular weight excluding hydrogens is 987 g/mol. The molecule has 0 bridgehead atoms. The number of carbonyl (C=O) groups excluding carboxylic acids is 10. The summed E-state index contributed by atoms with van der Waals surface area (Å²) in [5.41, 5.74) is 35.1. The molecule has 76 heavy (non-hydrogen) atoms. The van der Waals surface area contributed by atoms with Gasteiger partial charge in [0.15, 0.2) is 11.9 Å². The average Bonchev–Trinajstić information content (AvgIpc) is 3.77. The van der Waals surface area contributed by atoms with E-state index in [1.807, 2.05) is 18.2 Å². The van der Waals surface area contributed by atoms with Crippen LogP contribution in [0.5, 0.6) is 0 Å². The molecule has 2 heterocycles. The Morgan fingerprint density at radius 2 is 1.25 bits per heavy atom. The van der Waals surface area contributed by atoms with Gasteiger partial charge in [-0.1, -0.05) is 48.5 Å². The van der Waals surface area contributed by atoms with Gasteiger partial charge in [-0.2, -0.15) is 0 Å². The Balaban J connectivity index is 1.78. The lowest BCUT2D eigenvalue weighted by Gasteiger charge is -2.28. The number of aromatic amines is 1. The van der Waals surface area contributed by atoms with Crippen LogP contribution >= 0.6 is 0 Å². The normalized spacial score (nSPS) is 20.9. The topological polar surface area (TPSA) is 464 Å². The minimum atomic E-state index is -1.57. The molecule has 7 atom stereocenters. The van der Waals surface area contributed by atoms with E-state index in [1.165, 1.54) is 6.92 Å². The van der Waals surface area contributed by atoms with Crippen molar-refractivity contribution in [2.24, 2.45) is 44.4 Å². The number of carbonyl (C=O) groups is 10. The maximum atomic E-state index is 14.6. The van der Waals surface area contributed by atoms with Crippen LogP contribution in [0.4, 0.5) is 0 Å². The predicted molar refractivity (Wildman–Crippen MR) is 280 cm³/mol. The molecule has 0 saturated carbocycles. The van der Waals surface area contributed by atoms with E-state index in [4.69, 9.17) is 34.4 Å². The molecular formula is C49H71N17O10. The fourth-order valence-corrected chi connectivity index (χ4v) is 8.23. The number of hydrogen-bond donors (Lipinski definition) is 15. The zero-order chi connectivity index (χ0) is 55.7. The summed E-state index contributed by atoms with van der Waals surface area (Å²) < 4.78 is 0. The van der Waals surface area contributed by atoms with Crippen LogP contribution in [0, 0.1) is 0 Å². The minimum Gasteiger partial charge on any atom is -0.370 e. The zero-order valence-electron chi connectivity index (χ0n) is 42.4. The number of nitrogens with two attached hydrogens (primary N) is 6. The fraction of sp³-hybridized carbons (Fsp3) is 0.469. The molecule has 412 valence electrons. The van der Waals surface area contributed by atoms with Gasteiger partial charge in [0.05, 0.1) is 0 Å². The summed E-state index contributed by atoms with van der Waals surface area (Å²) in [5.74, 6) is -8.58. The van der Waals surface area contributed by atoms with E-state index >= 15 is 0 Å². The van der Waals surface area contributed by atoms with Crippen LogP contribution in [0.25, 0.3) is 10.9 Å². The minimum absolute atomic E-state index is 0.0261. The van der Waals surface area contributed by atoms with Gasteiger partial charge < -0.3 is 81.9 Å². The largest absolute Gasteiger partial charge is 0.370 e. The number of fused-ring (bicyclic) bond motifs is 1. The first-order chi connectivity index (χ1) is 36.2. The molecule has 0 radical (unpaired) electrons. The van der Waals surface area contributed by atoms with Gasteiger partial charge in [0.25, 0.3) is 0 Å². The van der Waals surface area contributed by atoms with Gasteiger partial charge in [-0.3, -0.25) is 57.9 Å². The Hall–Kier alpha value is -8.78. The van der Waals surface area contributed by atoms with Crippen LogP contribution in [0.2, 0.25) is 0 Å². The quantitative estimate of drug-likeness (QED) is 0.0309. The molecule has 0 aliphatic carbocycles. The number of aromatic nitrogens is 1. The molecule has 1 aliphatic heterocycles. The molecule has 0 spiro atoms. The Morgan fingerprint density at radius 3 is 1.89 bits per heavy atom. The number of nitrogens with zero attached hydrogens (tertiary/aromatic N) is 2. The highest BCUT2D eigenvalue weighted by Gasteiger charge is 2.35. The van der Waals surface area contributed by atoms with Crippen molar-refractivity contribution in [2.45, 2.75) is 126 Å². The van der Waals surface area contributed by atoms with Gasteiger partial charge in [-0.05, 0) is 68.6 Å². The molecule has 4 rings (SSSR count). The second-order valence-electron chi connectivity index (χ2n) is 18.2. The highest BCUT2D eigenvalue weighted by molar-refractivity contribution is 5.98. The highest BCUT2D eigenvalue weighted by Crippen LogP contribution is 2.20. The SMILES string of the molecule is CC(=O)N[C@@H](CCCN=C(N)N)C(=O)NC1CCCC(=O)NCCC(C(N)=O)NC(=O)[C@H](Cc2c[nH]c3ccccc23)NC(=O)[C@H](CCCN=C(N)N)NC(=O)C(Cc2ccccc2)NC(=O)[C@H](CCC(N)=O)NC1=O. The number of primary amides is 2. The Kier molecular flexibility index (Phi) is 23.9. The van der Waals surface area contributed by atoms with Crippen LogP contribution in [0.1, 0.15) is 82.3 Å². The van der Waals surface area contributed by atoms with E-state index in [2.05, 4.69) is 57.5 Å². The first kappa shape index (κ1) is 59.8. The van der Waals surface area contributed by atoms with Crippen molar-refractivity contribution in [1.29, 1.82) is 0 Å². The second kappa shape index (κ2) is 30.4. The molecule has 27 nitrogen and oxygen atoms in total. The smallest absolute Gasteiger partial charge is 0.243 e. The highest BCUT2D eigenvalue weighted by atomic mass is 16.2. The zero-order valence-corrected chi connectivity index (χ0v) is 42.4. The molecule has 21 N–H and O–H groups in total.